The van der Waals surface area contributed by atoms with Crippen LogP contribution >= 0.6 is 11.6 Å². The van der Waals surface area contributed by atoms with E-state index in [1.807, 2.05) is 6.07 Å². The zero-order valence-electron chi connectivity index (χ0n) is 9.41. The molecule has 2 nitrogen and oxygen atoms in total. The van der Waals surface area contributed by atoms with E-state index in [2.05, 4.69) is 18.8 Å². The Morgan fingerprint density at radius 2 is 2.13 bits per heavy atom. The van der Waals surface area contributed by atoms with Crippen molar-refractivity contribution < 1.29 is 0 Å². The highest BCUT2D eigenvalue weighted by Gasteiger charge is 2.07. The van der Waals surface area contributed by atoms with Crippen molar-refractivity contribution in [2.75, 3.05) is 0 Å². The van der Waals surface area contributed by atoms with Gasteiger partial charge in [0, 0.05) is 18.4 Å². The molecule has 0 saturated heterocycles. The number of pyridine rings is 1. The molecular weight excluding hydrogens is 208 g/mol. The molecule has 0 radical (unpaired) electrons. The van der Waals surface area contributed by atoms with Crippen molar-refractivity contribution in [1.82, 2.24) is 4.98 Å². The Morgan fingerprint density at radius 3 is 2.73 bits per heavy atom. The van der Waals surface area contributed by atoms with Crippen LogP contribution in [-0.2, 0) is 6.42 Å². The Labute approximate surface area is 96.8 Å². The minimum atomic E-state index is 0.201. The van der Waals surface area contributed by atoms with Crippen LogP contribution < -0.4 is 5.73 Å². The van der Waals surface area contributed by atoms with Crippen LogP contribution in [0.4, 0.5) is 0 Å². The first-order valence-electron chi connectivity index (χ1n) is 5.43. The van der Waals surface area contributed by atoms with E-state index in [-0.39, 0.29) is 6.04 Å². The normalized spacial score (nSPS) is 13.1. The Morgan fingerprint density at radius 1 is 1.40 bits per heavy atom. The van der Waals surface area contributed by atoms with Crippen LogP contribution in [0.3, 0.4) is 0 Å². The van der Waals surface area contributed by atoms with Gasteiger partial charge in [0.25, 0.3) is 0 Å². The van der Waals surface area contributed by atoms with Gasteiger partial charge in [0.1, 0.15) is 0 Å². The first kappa shape index (κ1) is 12.5. The van der Waals surface area contributed by atoms with E-state index in [0.717, 1.165) is 23.4 Å². The lowest BCUT2D eigenvalue weighted by Gasteiger charge is -2.13. The van der Waals surface area contributed by atoms with E-state index in [1.165, 1.54) is 6.42 Å². The third-order valence-electron chi connectivity index (χ3n) is 2.45. The molecule has 0 aliphatic rings. The van der Waals surface area contributed by atoms with Gasteiger partial charge in [0.05, 0.1) is 5.02 Å². The van der Waals surface area contributed by atoms with Gasteiger partial charge in [-0.2, -0.15) is 0 Å². The van der Waals surface area contributed by atoms with Gasteiger partial charge in [-0.05, 0) is 36.8 Å². The number of hydrogen-bond acceptors (Lipinski definition) is 2. The van der Waals surface area contributed by atoms with Crippen molar-refractivity contribution in [3.05, 3.63) is 29.0 Å². The number of halogens is 1. The van der Waals surface area contributed by atoms with Crippen LogP contribution in [0, 0.1) is 5.92 Å². The summed E-state index contributed by atoms with van der Waals surface area (Å²) in [4.78, 5) is 3.95. The second-order valence-electron chi connectivity index (χ2n) is 4.40. The molecule has 1 aromatic rings. The predicted octanol–water partition coefficient (Wildman–Crippen LogP) is 3.04. The third-order valence-corrected chi connectivity index (χ3v) is 2.79. The molecule has 0 spiro atoms. The van der Waals surface area contributed by atoms with Crippen molar-refractivity contribution in [2.24, 2.45) is 11.7 Å². The van der Waals surface area contributed by atoms with Gasteiger partial charge >= 0.3 is 0 Å². The molecule has 0 amide bonds. The van der Waals surface area contributed by atoms with E-state index < -0.39 is 0 Å². The average molecular weight is 227 g/mol. The highest BCUT2D eigenvalue weighted by Crippen LogP contribution is 2.16. The van der Waals surface area contributed by atoms with Gasteiger partial charge in [-0.3, -0.25) is 4.98 Å². The van der Waals surface area contributed by atoms with E-state index >= 15 is 0 Å². The Bertz CT molecular complexity index is 299. The van der Waals surface area contributed by atoms with Gasteiger partial charge < -0.3 is 5.73 Å². The summed E-state index contributed by atoms with van der Waals surface area (Å²) >= 11 is 6.01. The number of hydrogen-bond donors (Lipinski definition) is 1. The molecule has 0 bridgehead atoms. The largest absolute Gasteiger partial charge is 0.327 e. The summed E-state index contributed by atoms with van der Waals surface area (Å²) in [6.45, 7) is 4.43. The Kier molecular flexibility index (Phi) is 5.06. The molecule has 1 heterocycles. The second-order valence-corrected chi connectivity index (χ2v) is 4.81. The predicted molar refractivity (Wildman–Crippen MR) is 65.0 cm³/mol. The van der Waals surface area contributed by atoms with E-state index in [9.17, 15) is 0 Å². The van der Waals surface area contributed by atoms with Crippen molar-refractivity contribution in [3.63, 3.8) is 0 Å². The third kappa shape index (κ3) is 4.63. The maximum absolute atomic E-state index is 6.04. The molecule has 84 valence electrons. The lowest BCUT2D eigenvalue weighted by Crippen LogP contribution is -2.23. The van der Waals surface area contributed by atoms with Crippen LogP contribution in [0.15, 0.2) is 18.5 Å². The summed E-state index contributed by atoms with van der Waals surface area (Å²) in [6, 6.07) is 2.14. The number of nitrogens with zero attached hydrogens (tertiary/aromatic N) is 1. The molecule has 0 aromatic carbocycles. The fourth-order valence-corrected chi connectivity index (χ4v) is 1.70. The Hall–Kier alpha value is -0.600. The molecule has 2 N–H and O–H groups in total. The summed E-state index contributed by atoms with van der Waals surface area (Å²) in [6.07, 6.45) is 6.50. The summed E-state index contributed by atoms with van der Waals surface area (Å²) in [5.41, 5.74) is 7.14. The number of nitrogens with two attached hydrogens (primary N) is 1. The van der Waals surface area contributed by atoms with Crippen LogP contribution in [0.5, 0.6) is 0 Å². The zero-order chi connectivity index (χ0) is 11.3. The van der Waals surface area contributed by atoms with E-state index in [1.54, 1.807) is 12.4 Å². The highest BCUT2D eigenvalue weighted by atomic mass is 35.5. The fourth-order valence-electron chi connectivity index (χ4n) is 1.50. The number of aromatic nitrogens is 1. The molecule has 1 aromatic heterocycles. The summed E-state index contributed by atoms with van der Waals surface area (Å²) in [5, 5.41) is 0.720. The fraction of sp³-hybridized carbons (Fsp3) is 0.583. The molecular formula is C12H19ClN2. The standard InChI is InChI=1S/C12H19ClN2/c1-9(2)3-4-11(14)7-10-5-6-15-8-12(10)13/h5-6,8-9,11H,3-4,7,14H2,1-2H3. The zero-order valence-corrected chi connectivity index (χ0v) is 10.2. The van der Waals surface area contributed by atoms with Crippen LogP contribution in [0.1, 0.15) is 32.3 Å². The van der Waals surface area contributed by atoms with E-state index in [0.29, 0.717) is 5.92 Å². The van der Waals surface area contributed by atoms with Crippen molar-refractivity contribution in [2.45, 2.75) is 39.2 Å². The topological polar surface area (TPSA) is 38.9 Å². The maximum atomic E-state index is 6.04. The number of rotatable bonds is 5. The molecule has 1 rings (SSSR count). The van der Waals surface area contributed by atoms with Crippen molar-refractivity contribution in [3.8, 4) is 0 Å². The quantitative estimate of drug-likeness (QED) is 0.838. The average Bonchev–Trinajstić information content (AvgIpc) is 2.18. The monoisotopic (exact) mass is 226 g/mol. The van der Waals surface area contributed by atoms with Crippen LogP contribution in [-0.4, -0.2) is 11.0 Å². The minimum absolute atomic E-state index is 0.201. The summed E-state index contributed by atoms with van der Waals surface area (Å²) < 4.78 is 0. The summed E-state index contributed by atoms with van der Waals surface area (Å²) in [7, 11) is 0. The smallest absolute Gasteiger partial charge is 0.0621 e. The molecule has 1 unspecified atom stereocenters. The highest BCUT2D eigenvalue weighted by molar-refractivity contribution is 6.31. The molecule has 15 heavy (non-hydrogen) atoms. The van der Waals surface area contributed by atoms with Crippen molar-refractivity contribution >= 4 is 11.6 Å². The lowest BCUT2D eigenvalue weighted by atomic mass is 9.99. The molecule has 0 fully saturated rings. The van der Waals surface area contributed by atoms with Crippen LogP contribution in [0.2, 0.25) is 5.02 Å². The van der Waals surface area contributed by atoms with E-state index in [4.69, 9.17) is 17.3 Å². The maximum Gasteiger partial charge on any atom is 0.0621 e. The second kappa shape index (κ2) is 6.09. The molecule has 0 aliphatic heterocycles. The van der Waals surface area contributed by atoms with Crippen LogP contribution in [0.25, 0.3) is 0 Å². The summed E-state index contributed by atoms with van der Waals surface area (Å²) in [5.74, 6) is 0.712. The van der Waals surface area contributed by atoms with Gasteiger partial charge in [-0.1, -0.05) is 25.4 Å². The van der Waals surface area contributed by atoms with Gasteiger partial charge in [-0.25, -0.2) is 0 Å². The van der Waals surface area contributed by atoms with Gasteiger partial charge in [-0.15, -0.1) is 0 Å². The molecule has 3 heteroatoms. The minimum Gasteiger partial charge on any atom is -0.327 e. The first-order valence-corrected chi connectivity index (χ1v) is 5.81. The Balaban J connectivity index is 2.44. The van der Waals surface area contributed by atoms with Gasteiger partial charge in [0.2, 0.25) is 0 Å². The van der Waals surface area contributed by atoms with Crippen molar-refractivity contribution in [1.29, 1.82) is 0 Å². The van der Waals surface area contributed by atoms with Gasteiger partial charge in [0.15, 0.2) is 0 Å². The molecule has 1 atom stereocenters. The molecule has 0 aliphatic carbocycles. The molecule has 0 saturated carbocycles. The lowest BCUT2D eigenvalue weighted by molar-refractivity contribution is 0.495. The first-order chi connectivity index (χ1) is 7.09. The SMILES string of the molecule is CC(C)CCC(N)Cc1ccncc1Cl.